The highest BCUT2D eigenvalue weighted by Crippen LogP contribution is 2.26. The first kappa shape index (κ1) is 15.0. The van der Waals surface area contributed by atoms with Crippen LogP contribution in [0.25, 0.3) is 10.8 Å². The van der Waals surface area contributed by atoms with Gasteiger partial charge in [0.2, 0.25) is 0 Å². The van der Waals surface area contributed by atoms with E-state index < -0.39 is 51.5 Å². The van der Waals surface area contributed by atoms with E-state index in [9.17, 15) is 39.6 Å². The minimum absolute atomic E-state index is 0.214. The maximum Gasteiger partial charge on any atom is 0.0728 e. The fourth-order valence-electron chi connectivity index (χ4n) is 2.11. The molecule has 0 aliphatic carbocycles. The van der Waals surface area contributed by atoms with E-state index in [4.69, 9.17) is 0 Å². The van der Waals surface area contributed by atoms with Gasteiger partial charge in [0.1, 0.15) is 0 Å². The zero-order chi connectivity index (χ0) is 16.6. The van der Waals surface area contributed by atoms with Crippen LogP contribution < -0.4 is 20.4 Å². The third-order valence-corrected chi connectivity index (χ3v) is 3.02. The number of hydrogen-bond acceptors (Lipinski definition) is 8. The van der Waals surface area contributed by atoms with E-state index in [2.05, 4.69) is 0 Å². The molecule has 0 atom stereocenters. The predicted octanol–water partition coefficient (Wildman–Crippen LogP) is -3.71. The van der Waals surface area contributed by atoms with Gasteiger partial charge in [0, 0.05) is 16.7 Å². The Balaban J connectivity index is 3.05. The molecule has 0 aliphatic heterocycles. The summed E-state index contributed by atoms with van der Waals surface area (Å²) in [6.45, 7) is 0. The fourth-order valence-corrected chi connectivity index (χ4v) is 2.11. The minimum atomic E-state index is -1.93. The first-order chi connectivity index (χ1) is 10.2. The van der Waals surface area contributed by atoms with Crippen molar-refractivity contribution in [3.63, 3.8) is 0 Å². The molecule has 8 nitrogen and oxygen atoms in total. The molecule has 0 amide bonds. The van der Waals surface area contributed by atoms with Crippen LogP contribution >= 0.6 is 0 Å². The molecule has 8 heteroatoms. The smallest absolute Gasteiger partial charge is 0.0728 e. The van der Waals surface area contributed by atoms with Gasteiger partial charge in [-0.05, 0) is 28.5 Å². The average molecular weight is 300 g/mol. The van der Waals surface area contributed by atoms with Crippen LogP contribution in [0.4, 0.5) is 0 Å². The van der Waals surface area contributed by atoms with E-state index in [-0.39, 0.29) is 5.39 Å². The molecule has 0 heterocycles. The maximum absolute atomic E-state index is 11.2. The highest BCUT2D eigenvalue weighted by molar-refractivity contribution is 6.15. The minimum Gasteiger partial charge on any atom is -0.545 e. The molecular formula is C14H4O8-4. The highest BCUT2D eigenvalue weighted by atomic mass is 16.4. The second-order valence-corrected chi connectivity index (χ2v) is 4.26. The molecular weight excluding hydrogens is 296 g/mol. The molecule has 0 saturated heterocycles. The van der Waals surface area contributed by atoms with Gasteiger partial charge >= 0.3 is 0 Å². The second kappa shape index (κ2) is 5.17. The lowest BCUT2D eigenvalue weighted by atomic mass is 9.93. The van der Waals surface area contributed by atoms with Gasteiger partial charge < -0.3 is 39.6 Å². The number of carbonyl (C=O) groups is 4. The zero-order valence-corrected chi connectivity index (χ0v) is 10.6. The largest absolute Gasteiger partial charge is 0.545 e. The van der Waals surface area contributed by atoms with E-state index >= 15 is 0 Å². The van der Waals surface area contributed by atoms with Crippen molar-refractivity contribution in [2.75, 3.05) is 0 Å². The molecule has 0 saturated carbocycles. The van der Waals surface area contributed by atoms with Gasteiger partial charge in [-0.3, -0.25) is 0 Å². The molecule has 0 radical (unpaired) electrons. The lowest BCUT2D eigenvalue weighted by Gasteiger charge is -2.18. The fraction of sp³-hybridized carbons (Fsp3) is 0. The Morgan fingerprint density at radius 3 is 1.68 bits per heavy atom. The summed E-state index contributed by atoms with van der Waals surface area (Å²) in [7, 11) is 0. The molecule has 0 bridgehead atoms. The summed E-state index contributed by atoms with van der Waals surface area (Å²) >= 11 is 0. The quantitative estimate of drug-likeness (QED) is 0.557. The lowest BCUT2D eigenvalue weighted by molar-refractivity contribution is -0.259. The lowest BCUT2D eigenvalue weighted by Crippen LogP contribution is -2.31. The number of hydrogen-bond donors (Lipinski definition) is 0. The Morgan fingerprint density at radius 1 is 0.636 bits per heavy atom. The average Bonchev–Trinajstić information content (AvgIpc) is 2.43. The molecule has 112 valence electrons. The summed E-state index contributed by atoms with van der Waals surface area (Å²) in [5.74, 6) is -7.30. The van der Waals surface area contributed by atoms with Crippen molar-refractivity contribution in [1.82, 2.24) is 0 Å². The van der Waals surface area contributed by atoms with Gasteiger partial charge in [-0.25, -0.2) is 0 Å². The van der Waals surface area contributed by atoms with E-state index in [0.29, 0.717) is 0 Å². The molecule has 2 rings (SSSR count). The van der Waals surface area contributed by atoms with Crippen LogP contribution in [0.2, 0.25) is 0 Å². The normalized spacial score (nSPS) is 10.4. The molecule has 0 spiro atoms. The van der Waals surface area contributed by atoms with Crippen molar-refractivity contribution in [1.29, 1.82) is 0 Å². The maximum atomic E-state index is 11.2. The Labute approximate surface area is 121 Å². The molecule has 0 fully saturated rings. The van der Waals surface area contributed by atoms with Gasteiger partial charge in [-0.1, -0.05) is 12.1 Å². The van der Waals surface area contributed by atoms with Gasteiger partial charge in [0.25, 0.3) is 0 Å². The van der Waals surface area contributed by atoms with Crippen molar-refractivity contribution < 1.29 is 39.6 Å². The van der Waals surface area contributed by atoms with Crippen molar-refractivity contribution in [3.05, 3.63) is 46.5 Å². The molecule has 0 N–H and O–H groups in total. The Kier molecular flexibility index (Phi) is 3.52. The summed E-state index contributed by atoms with van der Waals surface area (Å²) in [4.78, 5) is 44.1. The number of aromatic carboxylic acids is 4. The van der Waals surface area contributed by atoms with Crippen molar-refractivity contribution >= 4 is 34.6 Å². The van der Waals surface area contributed by atoms with E-state index in [1.165, 1.54) is 0 Å². The van der Waals surface area contributed by atoms with Crippen molar-refractivity contribution in [3.8, 4) is 0 Å². The molecule has 2 aromatic rings. The van der Waals surface area contributed by atoms with Gasteiger partial charge in [0.05, 0.1) is 23.9 Å². The number of rotatable bonds is 4. The summed E-state index contributed by atoms with van der Waals surface area (Å²) in [5, 5.41) is 43.4. The van der Waals surface area contributed by atoms with Crippen LogP contribution in [0.15, 0.2) is 24.3 Å². The zero-order valence-electron chi connectivity index (χ0n) is 10.6. The molecule has 0 aromatic heterocycles. The first-order valence-electron chi connectivity index (χ1n) is 5.70. The van der Waals surface area contributed by atoms with Crippen LogP contribution in [-0.2, 0) is 0 Å². The number of carboxylic acids is 4. The number of carbonyl (C=O) groups excluding carboxylic acids is 4. The van der Waals surface area contributed by atoms with Crippen LogP contribution in [0.5, 0.6) is 0 Å². The second-order valence-electron chi connectivity index (χ2n) is 4.26. The summed E-state index contributed by atoms with van der Waals surface area (Å²) in [6, 6.07) is 3.35. The first-order valence-corrected chi connectivity index (χ1v) is 5.70. The molecule has 0 unspecified atom stereocenters. The third kappa shape index (κ3) is 2.33. The van der Waals surface area contributed by atoms with E-state index in [1.54, 1.807) is 0 Å². The van der Waals surface area contributed by atoms with Gasteiger partial charge in [0.15, 0.2) is 0 Å². The predicted molar refractivity (Wildman–Crippen MR) is 61.3 cm³/mol. The number of benzene rings is 2. The monoisotopic (exact) mass is 300 g/mol. The number of carboxylic acid groups (broad SMARTS) is 4. The third-order valence-electron chi connectivity index (χ3n) is 3.02. The highest BCUT2D eigenvalue weighted by Gasteiger charge is 2.14. The van der Waals surface area contributed by atoms with Gasteiger partial charge in [-0.15, -0.1) is 0 Å². The summed E-state index contributed by atoms with van der Waals surface area (Å²) < 4.78 is 0. The summed E-state index contributed by atoms with van der Waals surface area (Å²) in [5.41, 5.74) is -2.93. The van der Waals surface area contributed by atoms with E-state index in [1.807, 2.05) is 0 Å². The summed E-state index contributed by atoms with van der Waals surface area (Å²) in [6.07, 6.45) is 0. The van der Waals surface area contributed by atoms with Crippen molar-refractivity contribution in [2.24, 2.45) is 0 Å². The Hall–Kier alpha value is -3.42. The van der Waals surface area contributed by atoms with E-state index in [0.717, 1.165) is 24.3 Å². The Morgan fingerprint density at radius 2 is 1.23 bits per heavy atom. The van der Waals surface area contributed by atoms with Crippen LogP contribution in [0, 0.1) is 0 Å². The molecule has 22 heavy (non-hydrogen) atoms. The Bertz CT molecular complexity index is 850. The standard InChI is InChI=1S/C14H8O8/c15-11(16)5-3-8-6(9(4-5)13(19)20)1-2-7(12(17)18)10(8)14(21)22/h1-4H,(H,15,16)(H,17,18)(H,19,20)(H,21,22)/p-4. The van der Waals surface area contributed by atoms with Gasteiger partial charge in [-0.2, -0.15) is 0 Å². The SMILES string of the molecule is O=C([O-])c1cc(C(=O)[O-])c2ccc(C(=O)[O-])c(C(=O)[O-])c2c1. The molecule has 2 aromatic carbocycles. The molecule has 0 aliphatic rings. The van der Waals surface area contributed by atoms with Crippen LogP contribution in [0.3, 0.4) is 0 Å². The van der Waals surface area contributed by atoms with Crippen LogP contribution in [0.1, 0.15) is 41.4 Å². The van der Waals surface area contributed by atoms with Crippen LogP contribution in [-0.4, -0.2) is 23.9 Å². The number of fused-ring (bicyclic) bond motifs is 1. The topological polar surface area (TPSA) is 161 Å². The van der Waals surface area contributed by atoms with Crippen molar-refractivity contribution in [2.45, 2.75) is 0 Å².